The van der Waals surface area contributed by atoms with E-state index >= 15 is 0 Å². The Kier molecular flexibility index (Phi) is 2.82. The minimum atomic E-state index is -0.337. The van der Waals surface area contributed by atoms with Gasteiger partial charge in [-0.15, -0.1) is 0 Å². The van der Waals surface area contributed by atoms with Gasteiger partial charge < -0.3 is 19.5 Å². The fraction of sp³-hybridized carbons (Fsp3) is 0.462. The van der Waals surface area contributed by atoms with Crippen LogP contribution in [0, 0.1) is 16.7 Å². The maximum atomic E-state index is 9.05. The standard InChI is InChI=1S/C13H14N2O3/c14-5-13(7-16-8-13)6-15-4-10-1-2-11-12(3-10)18-9-17-11/h1-3,15H,4,6-9H2. The van der Waals surface area contributed by atoms with Crippen LogP contribution in [0.5, 0.6) is 11.5 Å². The summed E-state index contributed by atoms with van der Waals surface area (Å²) in [6, 6.07) is 8.18. The topological polar surface area (TPSA) is 63.5 Å². The molecule has 0 aromatic heterocycles. The Morgan fingerprint density at radius 1 is 1.28 bits per heavy atom. The number of nitrogens with zero attached hydrogens (tertiary/aromatic N) is 1. The zero-order chi connectivity index (χ0) is 12.4. The van der Waals surface area contributed by atoms with Crippen LogP contribution in [0.1, 0.15) is 5.56 Å². The van der Waals surface area contributed by atoms with Gasteiger partial charge in [-0.25, -0.2) is 0 Å². The zero-order valence-corrected chi connectivity index (χ0v) is 9.94. The molecule has 94 valence electrons. The first kappa shape index (κ1) is 11.3. The first-order valence-corrected chi connectivity index (χ1v) is 5.90. The molecule has 0 unspecified atom stereocenters. The van der Waals surface area contributed by atoms with Gasteiger partial charge >= 0.3 is 0 Å². The van der Waals surface area contributed by atoms with Crippen molar-refractivity contribution in [1.82, 2.24) is 5.32 Å². The molecule has 0 amide bonds. The van der Waals surface area contributed by atoms with Crippen molar-refractivity contribution in [3.05, 3.63) is 23.8 Å². The summed E-state index contributed by atoms with van der Waals surface area (Å²) >= 11 is 0. The van der Waals surface area contributed by atoms with E-state index in [9.17, 15) is 0 Å². The number of rotatable bonds is 4. The quantitative estimate of drug-likeness (QED) is 0.860. The van der Waals surface area contributed by atoms with Crippen LogP contribution in [0.4, 0.5) is 0 Å². The fourth-order valence-corrected chi connectivity index (χ4v) is 2.05. The highest BCUT2D eigenvalue weighted by Gasteiger charge is 2.38. The van der Waals surface area contributed by atoms with Gasteiger partial charge in [-0.3, -0.25) is 0 Å². The lowest BCUT2D eigenvalue weighted by atomic mass is 9.88. The molecule has 2 aliphatic rings. The minimum absolute atomic E-state index is 0.293. The van der Waals surface area contributed by atoms with E-state index in [2.05, 4.69) is 11.4 Å². The van der Waals surface area contributed by atoms with E-state index in [0.29, 0.717) is 33.1 Å². The zero-order valence-electron chi connectivity index (χ0n) is 9.94. The molecular formula is C13H14N2O3. The lowest BCUT2D eigenvalue weighted by molar-refractivity contribution is -0.0755. The lowest BCUT2D eigenvalue weighted by Gasteiger charge is -2.35. The highest BCUT2D eigenvalue weighted by molar-refractivity contribution is 5.44. The summed E-state index contributed by atoms with van der Waals surface area (Å²) in [7, 11) is 0. The van der Waals surface area contributed by atoms with Gasteiger partial charge in [0.15, 0.2) is 11.5 Å². The van der Waals surface area contributed by atoms with Crippen molar-refractivity contribution in [3.63, 3.8) is 0 Å². The van der Waals surface area contributed by atoms with Crippen LogP contribution in [0.3, 0.4) is 0 Å². The van der Waals surface area contributed by atoms with Gasteiger partial charge in [-0.1, -0.05) is 6.07 Å². The molecular weight excluding hydrogens is 232 g/mol. The summed E-state index contributed by atoms with van der Waals surface area (Å²) in [4.78, 5) is 0. The van der Waals surface area contributed by atoms with E-state index in [1.807, 2.05) is 18.2 Å². The van der Waals surface area contributed by atoms with Gasteiger partial charge in [0.2, 0.25) is 6.79 Å². The molecule has 2 heterocycles. The molecule has 1 N–H and O–H groups in total. The van der Waals surface area contributed by atoms with E-state index in [0.717, 1.165) is 17.1 Å². The van der Waals surface area contributed by atoms with Crippen molar-refractivity contribution >= 4 is 0 Å². The third-order valence-corrected chi connectivity index (χ3v) is 3.22. The number of ether oxygens (including phenoxy) is 3. The monoisotopic (exact) mass is 246 g/mol. The number of nitrogens with one attached hydrogen (secondary N) is 1. The Bertz CT molecular complexity index is 491. The molecule has 3 rings (SSSR count). The van der Waals surface area contributed by atoms with E-state index < -0.39 is 0 Å². The van der Waals surface area contributed by atoms with Gasteiger partial charge in [-0.05, 0) is 17.7 Å². The Labute approximate surface area is 105 Å². The van der Waals surface area contributed by atoms with Crippen molar-refractivity contribution in [1.29, 1.82) is 5.26 Å². The molecule has 0 bridgehead atoms. The second kappa shape index (κ2) is 4.48. The van der Waals surface area contributed by atoms with Gasteiger partial charge in [-0.2, -0.15) is 5.26 Å². The minimum Gasteiger partial charge on any atom is -0.454 e. The van der Waals surface area contributed by atoms with Crippen LogP contribution in [0.2, 0.25) is 0 Å². The van der Waals surface area contributed by atoms with Crippen LogP contribution < -0.4 is 14.8 Å². The number of hydrogen-bond acceptors (Lipinski definition) is 5. The van der Waals surface area contributed by atoms with Crippen LogP contribution in [-0.4, -0.2) is 26.6 Å². The van der Waals surface area contributed by atoms with Gasteiger partial charge in [0.1, 0.15) is 5.41 Å². The molecule has 1 aromatic carbocycles. The number of fused-ring (bicyclic) bond motifs is 1. The summed E-state index contributed by atoms with van der Waals surface area (Å²) in [5.41, 5.74) is 0.781. The van der Waals surface area contributed by atoms with Crippen molar-refractivity contribution in [2.45, 2.75) is 6.54 Å². The third-order valence-electron chi connectivity index (χ3n) is 3.22. The second-order valence-electron chi connectivity index (χ2n) is 4.68. The van der Waals surface area contributed by atoms with E-state index in [1.54, 1.807) is 0 Å². The van der Waals surface area contributed by atoms with Crippen LogP contribution in [-0.2, 0) is 11.3 Å². The van der Waals surface area contributed by atoms with Crippen molar-refractivity contribution in [3.8, 4) is 17.6 Å². The average molecular weight is 246 g/mol. The smallest absolute Gasteiger partial charge is 0.231 e. The molecule has 1 fully saturated rings. The molecule has 0 spiro atoms. The SMILES string of the molecule is N#CC1(CNCc2ccc3c(c2)OCO3)COC1. The van der Waals surface area contributed by atoms with Gasteiger partial charge in [0, 0.05) is 13.1 Å². The number of nitriles is 1. The second-order valence-corrected chi connectivity index (χ2v) is 4.68. The van der Waals surface area contributed by atoms with Gasteiger partial charge in [0.25, 0.3) is 0 Å². The first-order valence-electron chi connectivity index (χ1n) is 5.90. The summed E-state index contributed by atoms with van der Waals surface area (Å²) < 4.78 is 15.7. The Balaban J connectivity index is 1.56. The molecule has 1 aromatic rings. The predicted octanol–water partition coefficient (Wildman–Crippen LogP) is 1.05. The summed E-state index contributed by atoms with van der Waals surface area (Å²) in [5, 5.41) is 12.3. The number of benzene rings is 1. The highest BCUT2D eigenvalue weighted by Crippen LogP contribution is 2.32. The van der Waals surface area contributed by atoms with E-state index in [1.165, 1.54) is 0 Å². The lowest BCUT2D eigenvalue weighted by Crippen LogP contribution is -2.48. The molecule has 0 radical (unpaired) electrons. The molecule has 5 heteroatoms. The number of hydrogen-bond donors (Lipinski definition) is 1. The molecule has 5 nitrogen and oxygen atoms in total. The van der Waals surface area contributed by atoms with Crippen molar-refractivity contribution in [2.75, 3.05) is 26.6 Å². The highest BCUT2D eigenvalue weighted by atomic mass is 16.7. The van der Waals surface area contributed by atoms with Crippen molar-refractivity contribution in [2.24, 2.45) is 5.41 Å². The predicted molar refractivity (Wildman–Crippen MR) is 63.1 cm³/mol. The Morgan fingerprint density at radius 3 is 2.83 bits per heavy atom. The molecule has 2 aliphatic heterocycles. The Hall–Kier alpha value is -1.77. The fourth-order valence-electron chi connectivity index (χ4n) is 2.05. The van der Waals surface area contributed by atoms with Crippen molar-refractivity contribution < 1.29 is 14.2 Å². The summed E-state index contributed by atoms with van der Waals surface area (Å²) in [6.07, 6.45) is 0. The van der Waals surface area contributed by atoms with Crippen LogP contribution in [0.25, 0.3) is 0 Å². The average Bonchev–Trinajstić information content (AvgIpc) is 2.80. The largest absolute Gasteiger partial charge is 0.454 e. The normalized spacial score (nSPS) is 19.1. The first-order chi connectivity index (χ1) is 8.81. The molecule has 0 aliphatic carbocycles. The summed E-state index contributed by atoms with van der Waals surface area (Å²) in [6.45, 7) is 2.70. The van der Waals surface area contributed by atoms with Gasteiger partial charge in [0.05, 0.1) is 19.3 Å². The molecule has 0 atom stereocenters. The van der Waals surface area contributed by atoms with Crippen LogP contribution >= 0.6 is 0 Å². The Morgan fingerprint density at radius 2 is 2.11 bits per heavy atom. The third kappa shape index (κ3) is 2.01. The van der Waals surface area contributed by atoms with E-state index in [4.69, 9.17) is 19.5 Å². The summed E-state index contributed by atoms with van der Waals surface area (Å²) in [5.74, 6) is 1.58. The van der Waals surface area contributed by atoms with E-state index in [-0.39, 0.29) is 5.41 Å². The maximum absolute atomic E-state index is 9.05. The molecule has 0 saturated carbocycles. The van der Waals surface area contributed by atoms with Crippen LogP contribution in [0.15, 0.2) is 18.2 Å². The maximum Gasteiger partial charge on any atom is 0.231 e. The molecule has 18 heavy (non-hydrogen) atoms. The molecule has 1 saturated heterocycles.